The van der Waals surface area contributed by atoms with Gasteiger partial charge in [0, 0.05) is 18.0 Å². The van der Waals surface area contributed by atoms with Gasteiger partial charge in [0.1, 0.15) is 0 Å². The number of hydrazine groups is 1. The number of aryl methyl sites for hydroxylation is 1. The molecule has 0 fully saturated rings. The fraction of sp³-hybridized carbons (Fsp3) is 0.154. The molecule has 0 aliphatic heterocycles. The summed E-state index contributed by atoms with van der Waals surface area (Å²) in [5.74, 6) is 4.75. The molecule has 0 aliphatic carbocycles. The number of nitrogens with one attached hydrogen (secondary N) is 1. The second-order valence-corrected chi connectivity index (χ2v) is 4.17. The molecule has 0 spiro atoms. The average molecular weight is 258 g/mol. The molecule has 98 valence electrons. The number of benzene rings is 1. The minimum atomic E-state index is -0.385. The Hall–Kier alpha value is -2.47. The van der Waals surface area contributed by atoms with Crippen molar-refractivity contribution in [1.29, 1.82) is 0 Å². The molecule has 0 saturated carbocycles. The Morgan fingerprint density at radius 2 is 2.16 bits per heavy atom. The summed E-state index contributed by atoms with van der Waals surface area (Å²) in [6.07, 6.45) is 3.21. The highest BCUT2D eigenvalue weighted by molar-refractivity contribution is 5.95. The fourth-order valence-corrected chi connectivity index (χ4v) is 1.82. The van der Waals surface area contributed by atoms with Gasteiger partial charge in [-0.3, -0.25) is 14.8 Å². The number of hydrogen-bond donors (Lipinski definition) is 2. The van der Waals surface area contributed by atoms with E-state index in [-0.39, 0.29) is 18.1 Å². The van der Waals surface area contributed by atoms with Crippen molar-refractivity contribution in [2.24, 2.45) is 5.84 Å². The van der Waals surface area contributed by atoms with Gasteiger partial charge in [0.15, 0.2) is 0 Å². The van der Waals surface area contributed by atoms with Crippen molar-refractivity contribution in [2.75, 3.05) is 0 Å². The maximum atomic E-state index is 11.7. The molecule has 2 aromatic rings. The van der Waals surface area contributed by atoms with Crippen molar-refractivity contribution >= 4 is 5.91 Å². The lowest BCUT2D eigenvalue weighted by atomic mass is 10.1. The molecule has 1 amide bonds. The summed E-state index contributed by atoms with van der Waals surface area (Å²) in [7, 11) is 0. The molecule has 6 nitrogen and oxygen atoms in total. The van der Waals surface area contributed by atoms with Crippen LogP contribution in [-0.2, 0) is 6.54 Å². The van der Waals surface area contributed by atoms with E-state index in [2.05, 4.69) is 10.4 Å². The molecule has 1 aromatic heterocycles. The number of aromatic nitrogens is 2. The van der Waals surface area contributed by atoms with Crippen LogP contribution in [0.25, 0.3) is 0 Å². The van der Waals surface area contributed by atoms with Crippen LogP contribution in [0, 0.1) is 6.92 Å². The van der Waals surface area contributed by atoms with E-state index in [9.17, 15) is 9.59 Å². The highest BCUT2D eigenvalue weighted by atomic mass is 16.2. The van der Waals surface area contributed by atoms with E-state index in [0.717, 1.165) is 5.56 Å². The largest absolute Gasteiger partial charge is 0.347 e. The topological polar surface area (TPSA) is 90.0 Å². The van der Waals surface area contributed by atoms with Gasteiger partial charge in [-0.25, -0.2) is 15.6 Å². The van der Waals surface area contributed by atoms with Crippen molar-refractivity contribution in [2.45, 2.75) is 13.5 Å². The van der Waals surface area contributed by atoms with Crippen molar-refractivity contribution in [3.05, 3.63) is 63.8 Å². The summed E-state index contributed by atoms with van der Waals surface area (Å²) in [4.78, 5) is 27.0. The molecule has 6 heteroatoms. The number of nitrogen functional groups attached to an aromatic ring is 1. The first-order valence-electron chi connectivity index (χ1n) is 5.74. The van der Waals surface area contributed by atoms with Gasteiger partial charge in [-0.15, -0.1) is 0 Å². The van der Waals surface area contributed by atoms with Gasteiger partial charge in [-0.1, -0.05) is 18.2 Å². The zero-order chi connectivity index (χ0) is 13.8. The zero-order valence-corrected chi connectivity index (χ0v) is 10.5. The molecule has 1 aromatic carbocycles. The maximum absolute atomic E-state index is 11.7. The molecule has 1 heterocycles. The second-order valence-electron chi connectivity index (χ2n) is 4.17. The number of carbonyl (C=O) groups is 1. The summed E-state index contributed by atoms with van der Waals surface area (Å²) in [5.41, 5.74) is 3.76. The van der Waals surface area contributed by atoms with E-state index in [0.29, 0.717) is 11.1 Å². The Balaban J connectivity index is 2.41. The Morgan fingerprint density at radius 1 is 1.42 bits per heavy atom. The highest BCUT2D eigenvalue weighted by Crippen LogP contribution is 2.09. The smallest absolute Gasteiger partial charge is 0.294 e. The van der Waals surface area contributed by atoms with Crippen molar-refractivity contribution in [3.63, 3.8) is 0 Å². The molecule has 0 saturated heterocycles. The number of amides is 1. The molecular formula is C13H14N4O2. The minimum Gasteiger partial charge on any atom is -0.294 e. The normalized spacial score (nSPS) is 10.2. The first-order chi connectivity index (χ1) is 9.11. The summed E-state index contributed by atoms with van der Waals surface area (Å²) in [6, 6.07) is 6.98. The van der Waals surface area contributed by atoms with Crippen LogP contribution in [-0.4, -0.2) is 15.5 Å². The van der Waals surface area contributed by atoms with Crippen molar-refractivity contribution in [3.8, 4) is 0 Å². The van der Waals surface area contributed by atoms with Crippen LogP contribution in [0.2, 0.25) is 0 Å². The lowest BCUT2D eigenvalue weighted by Gasteiger charge is -2.10. The van der Waals surface area contributed by atoms with Gasteiger partial charge in [-0.05, 0) is 24.1 Å². The molecule has 0 atom stereocenters. The quantitative estimate of drug-likeness (QED) is 0.467. The lowest BCUT2D eigenvalue weighted by molar-refractivity contribution is 0.0952. The number of carbonyl (C=O) groups excluding carboxylic acids is 1. The van der Waals surface area contributed by atoms with Gasteiger partial charge < -0.3 is 0 Å². The SMILES string of the molecule is Cc1cnc(=O)n(Cc2ccccc2C(=O)NN)c1. The fourth-order valence-electron chi connectivity index (χ4n) is 1.82. The average Bonchev–Trinajstić information content (AvgIpc) is 2.42. The number of nitrogens with two attached hydrogens (primary N) is 1. The molecule has 2 rings (SSSR count). The Labute approximate surface area is 109 Å². The zero-order valence-electron chi connectivity index (χ0n) is 10.5. The van der Waals surface area contributed by atoms with Crippen molar-refractivity contribution in [1.82, 2.24) is 15.0 Å². The summed E-state index contributed by atoms with van der Waals surface area (Å²) < 4.78 is 1.46. The van der Waals surface area contributed by atoms with Gasteiger partial charge >= 0.3 is 5.69 Å². The molecular weight excluding hydrogens is 244 g/mol. The number of rotatable bonds is 3. The third-order valence-corrected chi connectivity index (χ3v) is 2.72. The van der Waals surface area contributed by atoms with E-state index < -0.39 is 0 Å². The molecule has 19 heavy (non-hydrogen) atoms. The molecule has 0 radical (unpaired) electrons. The maximum Gasteiger partial charge on any atom is 0.347 e. The molecule has 0 unspecified atom stereocenters. The van der Waals surface area contributed by atoms with E-state index >= 15 is 0 Å². The van der Waals surface area contributed by atoms with E-state index in [4.69, 9.17) is 5.84 Å². The van der Waals surface area contributed by atoms with Crippen molar-refractivity contribution < 1.29 is 4.79 Å². The Morgan fingerprint density at radius 3 is 2.89 bits per heavy atom. The van der Waals surface area contributed by atoms with Crippen LogP contribution in [0.15, 0.2) is 41.5 Å². The summed E-state index contributed by atoms with van der Waals surface area (Å²) >= 11 is 0. The third-order valence-electron chi connectivity index (χ3n) is 2.72. The van der Waals surface area contributed by atoms with E-state index in [1.54, 1.807) is 30.5 Å². The summed E-state index contributed by atoms with van der Waals surface area (Å²) in [6.45, 7) is 2.12. The van der Waals surface area contributed by atoms with Crippen LogP contribution in [0.4, 0.5) is 0 Å². The third kappa shape index (κ3) is 2.86. The van der Waals surface area contributed by atoms with Crippen LogP contribution in [0.3, 0.4) is 0 Å². The van der Waals surface area contributed by atoms with Crippen LogP contribution < -0.4 is 17.0 Å². The predicted molar refractivity (Wildman–Crippen MR) is 70.4 cm³/mol. The first kappa shape index (κ1) is 13.0. The standard InChI is InChI=1S/C13H14N4O2/c1-9-6-15-13(19)17(7-9)8-10-4-2-3-5-11(10)12(18)16-14/h2-7H,8,14H2,1H3,(H,16,18). The van der Waals surface area contributed by atoms with Gasteiger partial charge in [0.05, 0.1) is 6.54 Å². The lowest BCUT2D eigenvalue weighted by Crippen LogP contribution is -2.31. The minimum absolute atomic E-state index is 0.275. The number of nitrogens with zero attached hydrogens (tertiary/aromatic N) is 2. The van der Waals surface area contributed by atoms with Crippen LogP contribution >= 0.6 is 0 Å². The number of hydrogen-bond acceptors (Lipinski definition) is 4. The predicted octanol–water partition coefficient (Wildman–Crippen LogP) is 0.204. The molecule has 0 aliphatic rings. The van der Waals surface area contributed by atoms with E-state index in [1.807, 2.05) is 6.92 Å². The second kappa shape index (κ2) is 5.45. The van der Waals surface area contributed by atoms with Gasteiger partial charge in [0.2, 0.25) is 0 Å². The molecule has 3 N–H and O–H groups in total. The summed E-state index contributed by atoms with van der Waals surface area (Å²) in [5, 5.41) is 0. The monoisotopic (exact) mass is 258 g/mol. The Bertz CT molecular complexity index is 664. The van der Waals surface area contributed by atoms with E-state index in [1.165, 1.54) is 10.8 Å². The van der Waals surface area contributed by atoms with Crippen LogP contribution in [0.1, 0.15) is 21.5 Å². The molecule has 0 bridgehead atoms. The first-order valence-corrected chi connectivity index (χ1v) is 5.74. The van der Waals surface area contributed by atoms with Crippen LogP contribution in [0.5, 0.6) is 0 Å². The van der Waals surface area contributed by atoms with Gasteiger partial charge in [-0.2, -0.15) is 0 Å². The highest BCUT2D eigenvalue weighted by Gasteiger charge is 2.10. The van der Waals surface area contributed by atoms with Gasteiger partial charge in [0.25, 0.3) is 5.91 Å². The Kier molecular flexibility index (Phi) is 3.72.